The summed E-state index contributed by atoms with van der Waals surface area (Å²) < 4.78 is 0. The highest BCUT2D eigenvalue weighted by atomic mass is 16.2. The molecule has 0 fully saturated rings. The highest BCUT2D eigenvalue weighted by Crippen LogP contribution is 2.15. The lowest BCUT2D eigenvalue weighted by Crippen LogP contribution is -2.33. The van der Waals surface area contributed by atoms with Crippen molar-refractivity contribution in [3.8, 4) is 0 Å². The van der Waals surface area contributed by atoms with Gasteiger partial charge < -0.3 is 11.1 Å². The molecule has 0 spiro atoms. The maximum Gasteiger partial charge on any atom is 0.239 e. The van der Waals surface area contributed by atoms with Crippen LogP contribution in [0.1, 0.15) is 36.9 Å². The van der Waals surface area contributed by atoms with Crippen LogP contribution < -0.4 is 16.4 Å². The third-order valence-electron chi connectivity index (χ3n) is 3.62. The van der Waals surface area contributed by atoms with Crippen LogP contribution >= 0.6 is 0 Å². The van der Waals surface area contributed by atoms with E-state index in [-0.39, 0.29) is 5.91 Å². The van der Waals surface area contributed by atoms with Crippen molar-refractivity contribution in [1.29, 1.82) is 0 Å². The SMILES string of the molecule is CCCC(=O)Nc1cccc(CN[C@H](C(N)=O)c2ccccc2)c1. The molecule has 0 bridgehead atoms. The molecule has 0 aliphatic carbocycles. The molecule has 1 atom stereocenters. The van der Waals surface area contributed by atoms with E-state index in [2.05, 4.69) is 10.6 Å². The summed E-state index contributed by atoms with van der Waals surface area (Å²) in [5.41, 5.74) is 8.05. The van der Waals surface area contributed by atoms with Crippen LogP contribution in [0, 0.1) is 0 Å². The Morgan fingerprint density at radius 1 is 1.08 bits per heavy atom. The molecular formula is C19H23N3O2. The number of nitrogens with one attached hydrogen (secondary N) is 2. The first kappa shape index (κ1) is 17.7. The summed E-state index contributed by atoms with van der Waals surface area (Å²) in [5.74, 6) is -0.421. The van der Waals surface area contributed by atoms with Gasteiger partial charge in [0.25, 0.3) is 0 Å². The van der Waals surface area contributed by atoms with Crippen molar-refractivity contribution in [2.75, 3.05) is 5.32 Å². The van der Waals surface area contributed by atoms with E-state index in [1.165, 1.54) is 0 Å². The molecule has 0 unspecified atom stereocenters. The van der Waals surface area contributed by atoms with Crippen molar-refractivity contribution in [3.63, 3.8) is 0 Å². The van der Waals surface area contributed by atoms with Crippen molar-refractivity contribution in [1.82, 2.24) is 5.32 Å². The van der Waals surface area contributed by atoms with E-state index in [1.54, 1.807) is 0 Å². The molecule has 2 amide bonds. The molecule has 5 nitrogen and oxygen atoms in total. The fraction of sp³-hybridized carbons (Fsp3) is 0.263. The normalized spacial score (nSPS) is 11.7. The molecule has 126 valence electrons. The number of carbonyl (C=O) groups is 2. The van der Waals surface area contributed by atoms with Crippen molar-refractivity contribution in [3.05, 3.63) is 65.7 Å². The van der Waals surface area contributed by atoms with Crippen LogP contribution in [0.5, 0.6) is 0 Å². The standard InChI is InChI=1S/C19H23N3O2/c1-2-7-17(23)22-16-11-6-8-14(12-16)13-21-18(19(20)24)15-9-4-3-5-10-15/h3-6,8-12,18,21H,2,7,13H2,1H3,(H2,20,24)(H,22,23)/t18-/m0/s1. The summed E-state index contributed by atoms with van der Waals surface area (Å²) in [5, 5.41) is 6.04. The second-order valence-electron chi connectivity index (χ2n) is 5.63. The van der Waals surface area contributed by atoms with Gasteiger partial charge in [0.2, 0.25) is 11.8 Å². The van der Waals surface area contributed by atoms with Gasteiger partial charge in [-0.05, 0) is 29.7 Å². The first-order valence-electron chi connectivity index (χ1n) is 8.06. The number of primary amides is 1. The number of nitrogens with two attached hydrogens (primary N) is 1. The number of anilines is 1. The summed E-state index contributed by atoms with van der Waals surface area (Å²) in [6.45, 7) is 2.44. The minimum Gasteiger partial charge on any atom is -0.368 e. The number of hydrogen-bond acceptors (Lipinski definition) is 3. The lowest BCUT2D eigenvalue weighted by Gasteiger charge is -2.16. The lowest BCUT2D eigenvalue weighted by atomic mass is 10.1. The molecule has 0 saturated carbocycles. The zero-order chi connectivity index (χ0) is 17.4. The Hall–Kier alpha value is -2.66. The number of hydrogen-bond donors (Lipinski definition) is 3. The first-order chi connectivity index (χ1) is 11.6. The van der Waals surface area contributed by atoms with E-state index in [9.17, 15) is 9.59 Å². The summed E-state index contributed by atoms with van der Waals surface area (Å²) in [6.07, 6.45) is 1.31. The predicted molar refractivity (Wildman–Crippen MR) is 95.2 cm³/mol. The van der Waals surface area contributed by atoms with Gasteiger partial charge >= 0.3 is 0 Å². The van der Waals surface area contributed by atoms with Crippen molar-refractivity contribution in [2.24, 2.45) is 5.73 Å². The number of rotatable bonds is 8. The van der Waals surface area contributed by atoms with Gasteiger partial charge in [-0.3, -0.25) is 14.9 Å². The van der Waals surface area contributed by atoms with Gasteiger partial charge in [0.15, 0.2) is 0 Å². The average molecular weight is 325 g/mol. The Labute approximate surface area is 142 Å². The van der Waals surface area contributed by atoms with Crippen LogP contribution in [0.3, 0.4) is 0 Å². The first-order valence-corrected chi connectivity index (χ1v) is 8.06. The smallest absolute Gasteiger partial charge is 0.239 e. The molecule has 0 heterocycles. The van der Waals surface area contributed by atoms with Crippen LogP contribution in [0.25, 0.3) is 0 Å². The number of amides is 2. The number of benzene rings is 2. The van der Waals surface area contributed by atoms with E-state index in [4.69, 9.17) is 5.73 Å². The minimum absolute atomic E-state index is 0.00177. The molecule has 0 aliphatic heterocycles. The fourth-order valence-electron chi connectivity index (χ4n) is 2.46. The Bertz CT molecular complexity index is 686. The maximum atomic E-state index is 11.7. The second kappa shape index (κ2) is 8.84. The molecule has 2 aromatic rings. The predicted octanol–water partition coefficient (Wildman–Crippen LogP) is 2.74. The van der Waals surface area contributed by atoms with E-state index >= 15 is 0 Å². The molecule has 0 aromatic heterocycles. The Balaban J connectivity index is 2.02. The second-order valence-corrected chi connectivity index (χ2v) is 5.63. The molecule has 24 heavy (non-hydrogen) atoms. The monoisotopic (exact) mass is 325 g/mol. The van der Waals surface area contributed by atoms with Crippen LogP contribution in [0.2, 0.25) is 0 Å². The average Bonchev–Trinajstić information content (AvgIpc) is 2.56. The van der Waals surface area contributed by atoms with Gasteiger partial charge in [-0.1, -0.05) is 49.4 Å². The third-order valence-corrected chi connectivity index (χ3v) is 3.62. The van der Waals surface area contributed by atoms with Gasteiger partial charge in [-0.2, -0.15) is 0 Å². The summed E-state index contributed by atoms with van der Waals surface area (Å²) in [7, 11) is 0. The van der Waals surface area contributed by atoms with Crippen LogP contribution in [-0.2, 0) is 16.1 Å². The van der Waals surface area contributed by atoms with Crippen LogP contribution in [-0.4, -0.2) is 11.8 Å². The molecular weight excluding hydrogens is 302 g/mol. The summed E-state index contributed by atoms with van der Waals surface area (Å²) in [4.78, 5) is 23.4. The van der Waals surface area contributed by atoms with E-state index < -0.39 is 11.9 Å². The third kappa shape index (κ3) is 5.21. The maximum absolute atomic E-state index is 11.7. The van der Waals surface area contributed by atoms with Crippen molar-refractivity contribution >= 4 is 17.5 Å². The Morgan fingerprint density at radius 3 is 2.50 bits per heavy atom. The van der Waals surface area contributed by atoms with Crippen molar-refractivity contribution < 1.29 is 9.59 Å². The highest BCUT2D eigenvalue weighted by molar-refractivity contribution is 5.90. The van der Waals surface area contributed by atoms with Gasteiger partial charge in [0, 0.05) is 18.7 Å². The van der Waals surface area contributed by atoms with E-state index in [1.807, 2.05) is 61.5 Å². The molecule has 0 radical (unpaired) electrons. The van der Waals surface area contributed by atoms with Gasteiger partial charge in [0.05, 0.1) is 0 Å². The Kier molecular flexibility index (Phi) is 6.51. The summed E-state index contributed by atoms with van der Waals surface area (Å²) >= 11 is 0. The lowest BCUT2D eigenvalue weighted by molar-refractivity contribution is -0.120. The summed E-state index contributed by atoms with van der Waals surface area (Å²) in [6, 6.07) is 16.4. The largest absolute Gasteiger partial charge is 0.368 e. The zero-order valence-electron chi connectivity index (χ0n) is 13.8. The molecule has 0 aliphatic rings. The van der Waals surface area contributed by atoms with Gasteiger partial charge in [-0.15, -0.1) is 0 Å². The van der Waals surface area contributed by atoms with E-state index in [0.29, 0.717) is 13.0 Å². The van der Waals surface area contributed by atoms with E-state index in [0.717, 1.165) is 23.2 Å². The van der Waals surface area contributed by atoms with Gasteiger partial charge in [-0.25, -0.2) is 0 Å². The topological polar surface area (TPSA) is 84.2 Å². The van der Waals surface area contributed by atoms with Crippen LogP contribution in [0.4, 0.5) is 5.69 Å². The molecule has 4 N–H and O–H groups in total. The Morgan fingerprint density at radius 2 is 1.83 bits per heavy atom. The molecule has 0 saturated heterocycles. The molecule has 5 heteroatoms. The number of carbonyl (C=O) groups excluding carboxylic acids is 2. The minimum atomic E-state index is -0.551. The highest BCUT2D eigenvalue weighted by Gasteiger charge is 2.16. The fourth-order valence-corrected chi connectivity index (χ4v) is 2.46. The van der Waals surface area contributed by atoms with Crippen molar-refractivity contribution in [2.45, 2.75) is 32.4 Å². The quantitative estimate of drug-likeness (QED) is 0.698. The molecule has 2 rings (SSSR count). The van der Waals surface area contributed by atoms with Crippen LogP contribution in [0.15, 0.2) is 54.6 Å². The zero-order valence-corrected chi connectivity index (χ0v) is 13.8. The molecule has 2 aromatic carbocycles. The van der Waals surface area contributed by atoms with Gasteiger partial charge in [0.1, 0.15) is 6.04 Å².